The third-order valence-electron chi connectivity index (χ3n) is 4.89. The van der Waals surface area contributed by atoms with Crippen LogP contribution in [0.15, 0.2) is 24.3 Å². The van der Waals surface area contributed by atoms with Crippen molar-refractivity contribution in [3.8, 4) is 5.75 Å². The maximum Gasteiger partial charge on any atom is 0.303 e. The zero-order valence-corrected chi connectivity index (χ0v) is 17.2. The Hall–Kier alpha value is -2.87. The summed E-state index contributed by atoms with van der Waals surface area (Å²) in [5.41, 5.74) is 2.05. The van der Waals surface area contributed by atoms with Gasteiger partial charge in [0.15, 0.2) is 0 Å². The number of thiophene rings is 1. The van der Waals surface area contributed by atoms with Crippen molar-refractivity contribution in [3.05, 3.63) is 40.3 Å². The van der Waals surface area contributed by atoms with Crippen molar-refractivity contribution in [2.75, 3.05) is 17.7 Å². The number of rotatable bonds is 7. The molecule has 2 amide bonds. The Morgan fingerprint density at radius 2 is 2.03 bits per heavy atom. The summed E-state index contributed by atoms with van der Waals surface area (Å²) >= 11 is 1.41. The number of hydrogen-bond acceptors (Lipinski definition) is 5. The third kappa shape index (κ3) is 5.14. The van der Waals surface area contributed by atoms with Crippen LogP contribution in [0.25, 0.3) is 0 Å². The van der Waals surface area contributed by atoms with Gasteiger partial charge in [0.05, 0.1) is 19.1 Å². The van der Waals surface area contributed by atoms with Crippen LogP contribution in [0, 0.1) is 5.92 Å². The highest BCUT2D eigenvalue weighted by Crippen LogP contribution is 2.40. The number of hydrogen-bond donors (Lipinski definition) is 3. The number of fused-ring (bicyclic) bond motifs is 1. The first-order valence-corrected chi connectivity index (χ1v) is 10.3. The maximum atomic E-state index is 13.1. The molecule has 0 bridgehead atoms. The van der Waals surface area contributed by atoms with Crippen LogP contribution in [-0.4, -0.2) is 30.0 Å². The molecule has 3 N–H and O–H groups in total. The van der Waals surface area contributed by atoms with Crippen molar-refractivity contribution in [1.82, 2.24) is 0 Å². The second kappa shape index (κ2) is 9.09. The summed E-state index contributed by atoms with van der Waals surface area (Å²) in [7, 11) is 1.56. The number of carboxylic acid groups (broad SMARTS) is 1. The van der Waals surface area contributed by atoms with E-state index in [1.165, 1.54) is 11.3 Å². The highest BCUT2D eigenvalue weighted by Gasteiger charge is 2.28. The Morgan fingerprint density at radius 3 is 2.76 bits per heavy atom. The van der Waals surface area contributed by atoms with Crippen molar-refractivity contribution >= 4 is 39.8 Å². The van der Waals surface area contributed by atoms with Crippen molar-refractivity contribution in [2.24, 2.45) is 5.92 Å². The molecule has 29 heavy (non-hydrogen) atoms. The van der Waals surface area contributed by atoms with E-state index in [0.29, 0.717) is 27.9 Å². The van der Waals surface area contributed by atoms with Crippen LogP contribution in [0.5, 0.6) is 5.75 Å². The molecule has 154 valence electrons. The van der Waals surface area contributed by atoms with E-state index in [1.54, 1.807) is 31.4 Å². The lowest BCUT2D eigenvalue weighted by molar-refractivity contribution is -0.138. The molecule has 8 heteroatoms. The quantitative estimate of drug-likeness (QED) is 0.634. The minimum absolute atomic E-state index is 0.134. The SMILES string of the molecule is COc1cccc(NC(=O)c2c(NC(=O)CCC(=O)O)sc3c2CC[C@@H](C)C3)c1. The van der Waals surface area contributed by atoms with E-state index in [4.69, 9.17) is 9.84 Å². The first-order valence-electron chi connectivity index (χ1n) is 9.49. The number of benzene rings is 1. The van der Waals surface area contributed by atoms with Crippen LogP contribution in [0.2, 0.25) is 0 Å². The van der Waals surface area contributed by atoms with Gasteiger partial charge in [-0.2, -0.15) is 0 Å². The van der Waals surface area contributed by atoms with E-state index in [9.17, 15) is 14.4 Å². The Kier molecular flexibility index (Phi) is 6.53. The van der Waals surface area contributed by atoms with Crippen LogP contribution < -0.4 is 15.4 Å². The van der Waals surface area contributed by atoms with Gasteiger partial charge in [-0.15, -0.1) is 11.3 Å². The van der Waals surface area contributed by atoms with Gasteiger partial charge >= 0.3 is 5.97 Å². The molecular formula is C21H24N2O5S. The summed E-state index contributed by atoms with van der Waals surface area (Å²) in [5.74, 6) is -0.582. The second-order valence-corrected chi connectivity index (χ2v) is 8.29. The molecule has 1 atom stereocenters. The molecule has 1 aromatic carbocycles. The molecule has 0 radical (unpaired) electrons. The summed E-state index contributed by atoms with van der Waals surface area (Å²) in [5, 5.41) is 14.9. The Bertz CT molecular complexity index is 937. The lowest BCUT2D eigenvalue weighted by atomic mass is 9.88. The largest absolute Gasteiger partial charge is 0.497 e. The van der Waals surface area contributed by atoms with E-state index >= 15 is 0 Å². The number of ether oxygens (including phenoxy) is 1. The first kappa shape index (κ1) is 20.9. The molecule has 1 heterocycles. The number of anilines is 2. The smallest absolute Gasteiger partial charge is 0.303 e. The maximum absolute atomic E-state index is 13.1. The first-order chi connectivity index (χ1) is 13.9. The number of amides is 2. The molecule has 3 rings (SSSR count). The van der Waals surface area contributed by atoms with E-state index in [2.05, 4.69) is 17.6 Å². The van der Waals surface area contributed by atoms with Gasteiger partial charge in [-0.25, -0.2) is 0 Å². The monoisotopic (exact) mass is 416 g/mol. The molecule has 0 spiro atoms. The number of methoxy groups -OCH3 is 1. The van der Waals surface area contributed by atoms with Crippen molar-refractivity contribution in [2.45, 2.75) is 39.0 Å². The highest BCUT2D eigenvalue weighted by molar-refractivity contribution is 7.17. The minimum atomic E-state index is -1.03. The van der Waals surface area contributed by atoms with E-state index in [0.717, 1.165) is 29.7 Å². The lowest BCUT2D eigenvalue weighted by Crippen LogP contribution is -2.19. The van der Waals surface area contributed by atoms with Crippen LogP contribution in [0.4, 0.5) is 10.7 Å². The van der Waals surface area contributed by atoms with Crippen LogP contribution >= 0.6 is 11.3 Å². The second-order valence-electron chi connectivity index (χ2n) is 7.18. The third-order valence-corrected chi connectivity index (χ3v) is 6.06. The van der Waals surface area contributed by atoms with Gasteiger partial charge in [-0.05, 0) is 42.9 Å². The van der Waals surface area contributed by atoms with Gasteiger partial charge in [0.25, 0.3) is 5.91 Å². The summed E-state index contributed by atoms with van der Waals surface area (Å²) in [6.45, 7) is 2.17. The summed E-state index contributed by atoms with van der Waals surface area (Å²) in [6.07, 6.45) is 2.24. The van der Waals surface area contributed by atoms with Gasteiger partial charge in [-0.3, -0.25) is 14.4 Å². The zero-order chi connectivity index (χ0) is 21.0. The van der Waals surface area contributed by atoms with Crippen LogP contribution in [-0.2, 0) is 22.4 Å². The predicted octanol–water partition coefficient (Wildman–Crippen LogP) is 3.94. The summed E-state index contributed by atoms with van der Waals surface area (Å²) < 4.78 is 5.20. The van der Waals surface area contributed by atoms with Gasteiger partial charge < -0.3 is 20.5 Å². The summed E-state index contributed by atoms with van der Waals surface area (Å²) in [6, 6.07) is 7.07. The molecule has 2 aromatic rings. The minimum Gasteiger partial charge on any atom is -0.497 e. The average molecular weight is 416 g/mol. The molecule has 0 unspecified atom stereocenters. The fraction of sp³-hybridized carbons (Fsp3) is 0.381. The highest BCUT2D eigenvalue weighted by atomic mass is 32.1. The molecule has 0 fully saturated rings. The molecule has 1 aliphatic carbocycles. The fourth-order valence-electron chi connectivity index (χ4n) is 3.38. The molecule has 0 saturated carbocycles. The van der Waals surface area contributed by atoms with Gasteiger partial charge in [0, 0.05) is 23.1 Å². The van der Waals surface area contributed by atoms with Crippen molar-refractivity contribution < 1.29 is 24.2 Å². The Balaban J connectivity index is 1.87. The van der Waals surface area contributed by atoms with Crippen molar-refractivity contribution in [3.63, 3.8) is 0 Å². The fourth-order valence-corrected chi connectivity index (χ4v) is 4.81. The predicted molar refractivity (Wildman–Crippen MR) is 112 cm³/mol. The molecule has 1 aliphatic rings. The van der Waals surface area contributed by atoms with E-state index in [1.807, 2.05) is 0 Å². The molecule has 0 saturated heterocycles. The molecule has 0 aliphatic heterocycles. The van der Waals surface area contributed by atoms with Gasteiger partial charge in [0.2, 0.25) is 5.91 Å². The number of carbonyl (C=O) groups excluding carboxylic acids is 2. The average Bonchev–Trinajstić information content (AvgIpc) is 3.03. The van der Waals surface area contributed by atoms with E-state index < -0.39 is 11.9 Å². The number of carboxylic acids is 1. The Morgan fingerprint density at radius 1 is 1.24 bits per heavy atom. The summed E-state index contributed by atoms with van der Waals surface area (Å²) in [4.78, 5) is 37.1. The van der Waals surface area contributed by atoms with Gasteiger partial charge in [0.1, 0.15) is 10.8 Å². The number of aliphatic carboxylic acids is 1. The Labute approximate surface area is 173 Å². The zero-order valence-electron chi connectivity index (χ0n) is 16.4. The van der Waals surface area contributed by atoms with Gasteiger partial charge in [-0.1, -0.05) is 13.0 Å². The molecule has 7 nitrogen and oxygen atoms in total. The van der Waals surface area contributed by atoms with Crippen LogP contribution in [0.3, 0.4) is 0 Å². The molecule has 1 aromatic heterocycles. The van der Waals surface area contributed by atoms with Crippen LogP contribution in [0.1, 0.15) is 47.0 Å². The number of carbonyl (C=O) groups is 3. The van der Waals surface area contributed by atoms with E-state index in [-0.39, 0.29) is 18.7 Å². The lowest BCUT2D eigenvalue weighted by Gasteiger charge is -2.18. The number of nitrogens with one attached hydrogen (secondary N) is 2. The molecular weight excluding hydrogens is 392 g/mol. The standard InChI is InChI=1S/C21H24N2O5S/c1-12-6-7-15-16(10-12)29-21(23-17(24)8-9-18(25)26)19(15)20(27)22-13-4-3-5-14(11-13)28-2/h3-5,11-12H,6-10H2,1-2H3,(H,22,27)(H,23,24)(H,25,26)/t12-/m1/s1. The normalized spacial score (nSPS) is 15.3. The topological polar surface area (TPSA) is 105 Å². The van der Waals surface area contributed by atoms with Crippen molar-refractivity contribution in [1.29, 1.82) is 0 Å².